The first kappa shape index (κ1) is 16.9. The van der Waals surface area contributed by atoms with Crippen LogP contribution < -0.4 is 10.6 Å². The molecule has 2 atom stereocenters. The number of amides is 2. The highest BCUT2D eigenvalue weighted by atomic mass is 19.1. The van der Waals surface area contributed by atoms with Crippen LogP contribution in [0.1, 0.15) is 24.9 Å². The first-order valence-electron chi connectivity index (χ1n) is 6.46. The summed E-state index contributed by atoms with van der Waals surface area (Å²) in [5.41, 5.74) is 0.764. The smallest absolute Gasteiger partial charge is 0.315 e. The molecule has 0 spiro atoms. The lowest BCUT2D eigenvalue weighted by molar-refractivity contribution is -0.139. The maximum atomic E-state index is 12.8. The predicted octanol–water partition coefficient (Wildman–Crippen LogP) is 1.68. The van der Waals surface area contributed by atoms with Crippen molar-refractivity contribution in [1.29, 1.82) is 0 Å². The van der Waals surface area contributed by atoms with Crippen molar-refractivity contribution in [3.05, 3.63) is 35.6 Å². The van der Waals surface area contributed by atoms with Crippen LogP contribution in [-0.2, 0) is 9.53 Å². The molecule has 7 heteroatoms. The predicted molar refractivity (Wildman–Crippen MR) is 74.4 cm³/mol. The number of aliphatic carboxylic acids is 1. The molecule has 3 N–H and O–H groups in total. The molecule has 116 valence electrons. The summed E-state index contributed by atoms with van der Waals surface area (Å²) in [4.78, 5) is 22.3. The number of ether oxygens (including phenoxy) is 1. The third-order valence-electron chi connectivity index (χ3n) is 2.94. The molecule has 0 aliphatic carbocycles. The van der Waals surface area contributed by atoms with Crippen molar-refractivity contribution >= 4 is 12.0 Å². The van der Waals surface area contributed by atoms with E-state index in [1.807, 2.05) is 0 Å². The van der Waals surface area contributed by atoms with Crippen molar-refractivity contribution in [2.75, 3.05) is 13.7 Å². The van der Waals surface area contributed by atoms with Crippen LogP contribution in [0.4, 0.5) is 9.18 Å². The van der Waals surface area contributed by atoms with Crippen molar-refractivity contribution in [3.8, 4) is 0 Å². The lowest BCUT2D eigenvalue weighted by atomic mass is 10.1. The molecule has 0 bridgehead atoms. The number of carbonyl (C=O) groups excluding carboxylic acids is 1. The van der Waals surface area contributed by atoms with Gasteiger partial charge in [-0.1, -0.05) is 12.1 Å². The molecule has 0 radical (unpaired) electrons. The zero-order valence-corrected chi connectivity index (χ0v) is 11.9. The third kappa shape index (κ3) is 6.22. The Morgan fingerprint density at radius 3 is 2.48 bits per heavy atom. The topological polar surface area (TPSA) is 87.7 Å². The molecule has 1 rings (SSSR count). The highest BCUT2D eigenvalue weighted by Crippen LogP contribution is 2.12. The summed E-state index contributed by atoms with van der Waals surface area (Å²) >= 11 is 0. The third-order valence-corrected chi connectivity index (χ3v) is 2.94. The first-order valence-corrected chi connectivity index (χ1v) is 6.46. The van der Waals surface area contributed by atoms with Crippen LogP contribution in [0.25, 0.3) is 0 Å². The first-order chi connectivity index (χ1) is 9.92. The van der Waals surface area contributed by atoms with Gasteiger partial charge >= 0.3 is 12.0 Å². The van der Waals surface area contributed by atoms with Crippen LogP contribution in [0.15, 0.2) is 24.3 Å². The molecule has 1 aromatic carbocycles. The Morgan fingerprint density at radius 1 is 1.33 bits per heavy atom. The van der Waals surface area contributed by atoms with Gasteiger partial charge in [-0.3, -0.25) is 4.79 Å². The van der Waals surface area contributed by atoms with Crippen LogP contribution in [0.3, 0.4) is 0 Å². The summed E-state index contributed by atoms with van der Waals surface area (Å²) in [6.07, 6.45) is -0.779. The zero-order chi connectivity index (χ0) is 15.8. The van der Waals surface area contributed by atoms with Crippen LogP contribution >= 0.6 is 0 Å². The second-order valence-electron chi connectivity index (χ2n) is 4.58. The summed E-state index contributed by atoms with van der Waals surface area (Å²) < 4.78 is 17.8. The van der Waals surface area contributed by atoms with Crippen molar-refractivity contribution in [2.45, 2.75) is 25.5 Å². The van der Waals surface area contributed by atoms with Crippen molar-refractivity contribution in [2.24, 2.45) is 0 Å². The average Bonchev–Trinajstić information content (AvgIpc) is 2.43. The lowest BCUT2D eigenvalue weighted by Gasteiger charge is -2.17. The quantitative estimate of drug-likeness (QED) is 0.714. The van der Waals surface area contributed by atoms with Gasteiger partial charge in [-0.25, -0.2) is 9.18 Å². The molecule has 0 saturated heterocycles. The molecule has 0 aromatic heterocycles. The molecular weight excluding hydrogens is 279 g/mol. The van der Waals surface area contributed by atoms with E-state index in [4.69, 9.17) is 9.84 Å². The van der Waals surface area contributed by atoms with Gasteiger partial charge in [0.15, 0.2) is 0 Å². The van der Waals surface area contributed by atoms with E-state index in [1.54, 1.807) is 19.1 Å². The maximum absolute atomic E-state index is 12.8. The summed E-state index contributed by atoms with van der Waals surface area (Å²) in [6, 6.07) is 5.06. The minimum Gasteiger partial charge on any atom is -0.481 e. The Balaban J connectivity index is 2.42. The minimum atomic E-state index is -0.997. The fraction of sp³-hybridized carbons (Fsp3) is 0.429. The van der Waals surface area contributed by atoms with E-state index in [1.165, 1.54) is 19.2 Å². The van der Waals surface area contributed by atoms with Crippen molar-refractivity contribution < 1.29 is 23.8 Å². The molecule has 2 unspecified atom stereocenters. The highest BCUT2D eigenvalue weighted by molar-refractivity contribution is 5.74. The number of halogens is 1. The number of carboxylic acid groups (broad SMARTS) is 1. The second kappa shape index (κ2) is 8.21. The van der Waals surface area contributed by atoms with E-state index in [2.05, 4.69) is 10.6 Å². The Kier molecular flexibility index (Phi) is 6.61. The van der Waals surface area contributed by atoms with Crippen LogP contribution in [-0.4, -0.2) is 36.9 Å². The van der Waals surface area contributed by atoms with E-state index >= 15 is 0 Å². The van der Waals surface area contributed by atoms with Crippen LogP contribution in [0.2, 0.25) is 0 Å². The van der Waals surface area contributed by atoms with Gasteiger partial charge in [0, 0.05) is 13.7 Å². The van der Waals surface area contributed by atoms with E-state index in [-0.39, 0.29) is 24.8 Å². The summed E-state index contributed by atoms with van der Waals surface area (Å²) in [5, 5.41) is 13.9. The van der Waals surface area contributed by atoms with E-state index < -0.39 is 18.1 Å². The molecule has 0 aliphatic heterocycles. The normalized spacial score (nSPS) is 13.3. The van der Waals surface area contributed by atoms with E-state index in [0.717, 1.165) is 5.56 Å². The fourth-order valence-electron chi connectivity index (χ4n) is 1.72. The SMILES string of the molecule is COC(CNC(=O)NC(C)c1ccc(F)cc1)CC(=O)O. The monoisotopic (exact) mass is 298 g/mol. The summed E-state index contributed by atoms with van der Waals surface area (Å²) in [6.45, 7) is 1.85. The molecule has 0 aliphatic rings. The number of nitrogens with one attached hydrogen (secondary N) is 2. The van der Waals surface area contributed by atoms with Gasteiger partial charge in [0.05, 0.1) is 18.6 Å². The average molecular weight is 298 g/mol. The van der Waals surface area contributed by atoms with E-state index in [0.29, 0.717) is 0 Å². The van der Waals surface area contributed by atoms with Gasteiger partial charge < -0.3 is 20.5 Å². The van der Waals surface area contributed by atoms with E-state index in [9.17, 15) is 14.0 Å². The molecular formula is C14H19FN2O4. The Morgan fingerprint density at radius 2 is 1.95 bits per heavy atom. The Labute approximate surface area is 122 Å². The maximum Gasteiger partial charge on any atom is 0.315 e. The Bertz CT molecular complexity index is 478. The van der Waals surface area contributed by atoms with Crippen molar-refractivity contribution in [1.82, 2.24) is 10.6 Å². The number of carbonyl (C=O) groups is 2. The van der Waals surface area contributed by atoms with Gasteiger partial charge in [0.1, 0.15) is 5.82 Å². The number of hydrogen-bond acceptors (Lipinski definition) is 3. The van der Waals surface area contributed by atoms with Gasteiger partial charge in [0.25, 0.3) is 0 Å². The van der Waals surface area contributed by atoms with Crippen LogP contribution in [0, 0.1) is 5.82 Å². The van der Waals surface area contributed by atoms with Gasteiger partial charge in [0.2, 0.25) is 0 Å². The number of rotatable bonds is 7. The van der Waals surface area contributed by atoms with Gasteiger partial charge in [-0.05, 0) is 24.6 Å². The molecule has 6 nitrogen and oxygen atoms in total. The lowest BCUT2D eigenvalue weighted by Crippen LogP contribution is -2.41. The molecule has 0 heterocycles. The van der Waals surface area contributed by atoms with Gasteiger partial charge in [-0.15, -0.1) is 0 Å². The standard InChI is InChI=1S/C14H19FN2O4/c1-9(10-3-5-11(15)6-4-10)17-14(20)16-8-12(21-2)7-13(18)19/h3-6,9,12H,7-8H2,1-2H3,(H,18,19)(H2,16,17,20). The molecule has 1 aromatic rings. The summed E-state index contributed by atoms with van der Waals surface area (Å²) in [7, 11) is 1.38. The zero-order valence-electron chi connectivity index (χ0n) is 11.9. The fourth-order valence-corrected chi connectivity index (χ4v) is 1.72. The number of hydrogen-bond donors (Lipinski definition) is 3. The highest BCUT2D eigenvalue weighted by Gasteiger charge is 2.14. The minimum absolute atomic E-state index is 0.0881. The second-order valence-corrected chi connectivity index (χ2v) is 4.58. The number of methoxy groups -OCH3 is 1. The molecule has 0 fully saturated rings. The number of benzene rings is 1. The van der Waals surface area contributed by atoms with Crippen LogP contribution in [0.5, 0.6) is 0 Å². The number of urea groups is 1. The largest absolute Gasteiger partial charge is 0.481 e. The summed E-state index contributed by atoms with van der Waals surface area (Å²) in [5.74, 6) is -1.34. The number of carboxylic acids is 1. The molecule has 21 heavy (non-hydrogen) atoms. The van der Waals surface area contributed by atoms with Crippen molar-refractivity contribution in [3.63, 3.8) is 0 Å². The Hall–Kier alpha value is -2.15. The molecule has 2 amide bonds. The molecule has 0 saturated carbocycles. The van der Waals surface area contributed by atoms with Gasteiger partial charge in [-0.2, -0.15) is 0 Å².